The molecule has 3 nitrogen and oxygen atoms in total. The van der Waals surface area contributed by atoms with Gasteiger partial charge in [-0.25, -0.2) is 4.98 Å². The molecule has 0 amide bonds. The molecule has 0 aromatic carbocycles. The maximum absolute atomic E-state index is 9.69. The zero-order valence-corrected chi connectivity index (χ0v) is 9.76. The molecule has 86 valence electrons. The normalized spacial score (nSPS) is 15.1. The van der Waals surface area contributed by atoms with E-state index >= 15 is 0 Å². The van der Waals surface area contributed by atoms with Crippen molar-refractivity contribution in [2.24, 2.45) is 0 Å². The highest BCUT2D eigenvalue weighted by Gasteiger charge is 2.15. The van der Waals surface area contributed by atoms with Crippen LogP contribution in [0.5, 0.6) is 0 Å². The minimum Gasteiger partial charge on any atom is -0.391 e. The Labute approximate surface area is 92.1 Å². The fourth-order valence-electron chi connectivity index (χ4n) is 1.89. The van der Waals surface area contributed by atoms with Crippen molar-refractivity contribution in [1.29, 1.82) is 0 Å². The first-order valence-electron chi connectivity index (χ1n) is 5.91. The average molecular weight is 210 g/mol. The van der Waals surface area contributed by atoms with Crippen molar-refractivity contribution in [3.05, 3.63) is 18.7 Å². The van der Waals surface area contributed by atoms with Gasteiger partial charge in [0.1, 0.15) is 0 Å². The standard InChI is InChI=1S/C12H22N2O/c1-3-4-5-6-7-12(11(2)15)14-9-8-13-10-14/h8-12,15H,3-7H2,1-2H3/t11-,12+/m1/s1. The smallest absolute Gasteiger partial charge is 0.0949 e. The second-order valence-electron chi connectivity index (χ2n) is 4.17. The highest BCUT2D eigenvalue weighted by Crippen LogP contribution is 2.19. The van der Waals surface area contributed by atoms with E-state index in [0.29, 0.717) is 0 Å². The molecule has 0 aliphatic heterocycles. The average Bonchev–Trinajstić information content (AvgIpc) is 2.70. The van der Waals surface area contributed by atoms with Gasteiger partial charge in [0.2, 0.25) is 0 Å². The summed E-state index contributed by atoms with van der Waals surface area (Å²) in [5.41, 5.74) is 0. The lowest BCUT2D eigenvalue weighted by atomic mass is 10.0. The minimum atomic E-state index is -0.305. The Bertz CT molecular complexity index is 244. The molecule has 0 aliphatic rings. The van der Waals surface area contributed by atoms with E-state index in [1.54, 1.807) is 12.5 Å². The monoisotopic (exact) mass is 210 g/mol. The number of aliphatic hydroxyl groups excluding tert-OH is 1. The molecule has 1 rings (SSSR count). The number of nitrogens with zero attached hydrogens (tertiary/aromatic N) is 2. The van der Waals surface area contributed by atoms with Gasteiger partial charge in [0.05, 0.1) is 18.5 Å². The first kappa shape index (κ1) is 12.2. The van der Waals surface area contributed by atoms with Crippen molar-refractivity contribution in [3.8, 4) is 0 Å². The van der Waals surface area contributed by atoms with E-state index in [-0.39, 0.29) is 12.1 Å². The molecule has 1 aromatic heterocycles. The van der Waals surface area contributed by atoms with Crippen molar-refractivity contribution in [3.63, 3.8) is 0 Å². The molecule has 1 aromatic rings. The van der Waals surface area contributed by atoms with Crippen LogP contribution in [0.1, 0.15) is 52.0 Å². The van der Waals surface area contributed by atoms with Gasteiger partial charge >= 0.3 is 0 Å². The van der Waals surface area contributed by atoms with Crippen molar-refractivity contribution >= 4 is 0 Å². The van der Waals surface area contributed by atoms with E-state index < -0.39 is 0 Å². The molecule has 15 heavy (non-hydrogen) atoms. The first-order chi connectivity index (χ1) is 7.25. The summed E-state index contributed by atoms with van der Waals surface area (Å²) in [6.07, 6.45) is 11.2. The van der Waals surface area contributed by atoms with E-state index in [4.69, 9.17) is 0 Å². The highest BCUT2D eigenvalue weighted by molar-refractivity contribution is 4.82. The van der Waals surface area contributed by atoms with Gasteiger partial charge < -0.3 is 9.67 Å². The third kappa shape index (κ3) is 4.04. The maximum Gasteiger partial charge on any atom is 0.0949 e. The fourth-order valence-corrected chi connectivity index (χ4v) is 1.89. The Morgan fingerprint density at radius 1 is 1.33 bits per heavy atom. The topological polar surface area (TPSA) is 38.0 Å². The van der Waals surface area contributed by atoms with Crippen LogP contribution in [0.4, 0.5) is 0 Å². The molecular formula is C12H22N2O. The summed E-state index contributed by atoms with van der Waals surface area (Å²) >= 11 is 0. The molecule has 0 saturated carbocycles. The Hall–Kier alpha value is -0.830. The summed E-state index contributed by atoms with van der Waals surface area (Å²) in [4.78, 5) is 4.02. The zero-order valence-electron chi connectivity index (χ0n) is 9.76. The van der Waals surface area contributed by atoms with Crippen LogP contribution in [-0.2, 0) is 0 Å². The van der Waals surface area contributed by atoms with E-state index in [1.807, 2.05) is 17.7 Å². The highest BCUT2D eigenvalue weighted by atomic mass is 16.3. The second kappa shape index (κ2) is 6.62. The number of aromatic nitrogens is 2. The van der Waals surface area contributed by atoms with E-state index in [0.717, 1.165) is 6.42 Å². The summed E-state index contributed by atoms with van der Waals surface area (Å²) in [5.74, 6) is 0. The molecule has 0 bridgehead atoms. The molecule has 0 spiro atoms. The number of unbranched alkanes of at least 4 members (excludes halogenated alkanes) is 3. The quantitative estimate of drug-likeness (QED) is 0.703. The summed E-state index contributed by atoms with van der Waals surface area (Å²) < 4.78 is 2.01. The Kier molecular flexibility index (Phi) is 5.40. The fraction of sp³-hybridized carbons (Fsp3) is 0.750. The minimum absolute atomic E-state index is 0.185. The molecule has 1 N–H and O–H groups in total. The SMILES string of the molecule is CCCCCC[C@@H]([C@@H](C)O)n1ccnc1. The van der Waals surface area contributed by atoms with E-state index in [9.17, 15) is 5.11 Å². The number of hydrogen-bond donors (Lipinski definition) is 1. The lowest BCUT2D eigenvalue weighted by Crippen LogP contribution is -2.20. The number of hydrogen-bond acceptors (Lipinski definition) is 2. The summed E-state index contributed by atoms with van der Waals surface area (Å²) in [6, 6.07) is 0.185. The van der Waals surface area contributed by atoms with Gasteiger partial charge in [-0.15, -0.1) is 0 Å². The summed E-state index contributed by atoms with van der Waals surface area (Å²) in [6.45, 7) is 4.06. The van der Waals surface area contributed by atoms with Crippen LogP contribution in [0.25, 0.3) is 0 Å². The maximum atomic E-state index is 9.69. The van der Waals surface area contributed by atoms with Crippen LogP contribution >= 0.6 is 0 Å². The molecule has 0 radical (unpaired) electrons. The van der Waals surface area contributed by atoms with Gasteiger partial charge in [-0.1, -0.05) is 32.6 Å². The van der Waals surface area contributed by atoms with Gasteiger partial charge in [0, 0.05) is 12.4 Å². The summed E-state index contributed by atoms with van der Waals surface area (Å²) in [7, 11) is 0. The first-order valence-corrected chi connectivity index (χ1v) is 5.91. The van der Waals surface area contributed by atoms with Gasteiger partial charge in [0.25, 0.3) is 0 Å². The van der Waals surface area contributed by atoms with E-state index in [2.05, 4.69) is 11.9 Å². The number of rotatable bonds is 7. The van der Waals surface area contributed by atoms with Crippen LogP contribution in [0, 0.1) is 0 Å². The molecule has 0 unspecified atom stereocenters. The number of imidazole rings is 1. The second-order valence-corrected chi connectivity index (χ2v) is 4.17. The van der Waals surface area contributed by atoms with Crippen LogP contribution < -0.4 is 0 Å². The Balaban J connectivity index is 2.39. The van der Waals surface area contributed by atoms with Crippen LogP contribution in [0.15, 0.2) is 18.7 Å². The van der Waals surface area contributed by atoms with Gasteiger partial charge in [-0.2, -0.15) is 0 Å². The Morgan fingerprint density at radius 2 is 2.13 bits per heavy atom. The Morgan fingerprint density at radius 3 is 2.67 bits per heavy atom. The molecule has 0 fully saturated rings. The van der Waals surface area contributed by atoms with Crippen molar-refractivity contribution < 1.29 is 5.11 Å². The van der Waals surface area contributed by atoms with Gasteiger partial charge in [0.15, 0.2) is 0 Å². The van der Waals surface area contributed by atoms with Crippen molar-refractivity contribution in [2.75, 3.05) is 0 Å². The molecule has 2 atom stereocenters. The lowest BCUT2D eigenvalue weighted by molar-refractivity contribution is 0.122. The van der Waals surface area contributed by atoms with Crippen molar-refractivity contribution in [1.82, 2.24) is 9.55 Å². The molecule has 0 aliphatic carbocycles. The zero-order chi connectivity index (χ0) is 11.1. The van der Waals surface area contributed by atoms with Crippen LogP contribution in [0.3, 0.4) is 0 Å². The van der Waals surface area contributed by atoms with Gasteiger partial charge in [-0.3, -0.25) is 0 Å². The van der Waals surface area contributed by atoms with Crippen LogP contribution in [-0.4, -0.2) is 20.8 Å². The largest absolute Gasteiger partial charge is 0.391 e. The molecule has 0 saturated heterocycles. The third-order valence-corrected chi connectivity index (χ3v) is 2.82. The third-order valence-electron chi connectivity index (χ3n) is 2.82. The van der Waals surface area contributed by atoms with E-state index in [1.165, 1.54) is 25.7 Å². The number of aliphatic hydroxyl groups is 1. The molecular weight excluding hydrogens is 188 g/mol. The van der Waals surface area contributed by atoms with Gasteiger partial charge in [-0.05, 0) is 13.3 Å². The summed E-state index contributed by atoms with van der Waals surface area (Å²) in [5, 5.41) is 9.69. The molecule has 1 heterocycles. The lowest BCUT2D eigenvalue weighted by Gasteiger charge is -2.21. The molecule has 3 heteroatoms. The predicted octanol–water partition coefficient (Wildman–Crippen LogP) is 2.78. The van der Waals surface area contributed by atoms with Crippen molar-refractivity contribution in [2.45, 2.75) is 58.1 Å². The predicted molar refractivity (Wildman–Crippen MR) is 61.7 cm³/mol. The van der Waals surface area contributed by atoms with Crippen LogP contribution in [0.2, 0.25) is 0 Å².